The number of hydrogen-bond acceptors (Lipinski definition) is 4. The number of halogens is 2. The Morgan fingerprint density at radius 1 is 1.28 bits per heavy atom. The lowest BCUT2D eigenvalue weighted by Crippen LogP contribution is -2.33. The number of nitro groups is 1. The van der Waals surface area contributed by atoms with Gasteiger partial charge in [-0.05, 0) is 55.2 Å². The van der Waals surface area contributed by atoms with Crippen molar-refractivity contribution >= 4 is 28.9 Å². The Kier molecular flexibility index (Phi) is 5.02. The van der Waals surface area contributed by atoms with Gasteiger partial charge < -0.3 is 4.90 Å². The molecule has 0 unspecified atom stereocenters. The number of nitrogens with zero attached hydrogens (tertiary/aromatic N) is 4. The molecule has 0 radical (unpaired) electrons. The van der Waals surface area contributed by atoms with Gasteiger partial charge in [-0.2, -0.15) is 5.10 Å². The van der Waals surface area contributed by atoms with E-state index in [1.165, 1.54) is 39.9 Å². The molecule has 0 saturated heterocycles. The van der Waals surface area contributed by atoms with Gasteiger partial charge in [-0.3, -0.25) is 14.9 Å². The summed E-state index contributed by atoms with van der Waals surface area (Å²) in [7, 11) is 0. The molecule has 0 N–H and O–H groups in total. The molecule has 1 heterocycles. The molecule has 1 amide bonds. The molecule has 3 aromatic rings. The fourth-order valence-corrected chi connectivity index (χ4v) is 3.20. The normalized spacial score (nSPS) is 13.3. The molecule has 0 aliphatic heterocycles. The van der Waals surface area contributed by atoms with Gasteiger partial charge in [-0.15, -0.1) is 0 Å². The van der Waals surface area contributed by atoms with Crippen LogP contribution in [0.5, 0.6) is 0 Å². The van der Waals surface area contributed by atoms with E-state index in [1.54, 1.807) is 24.4 Å². The Labute approximate surface area is 170 Å². The number of rotatable bonds is 6. The van der Waals surface area contributed by atoms with Gasteiger partial charge in [0.05, 0.1) is 16.3 Å². The topological polar surface area (TPSA) is 81.3 Å². The zero-order chi connectivity index (χ0) is 20.5. The highest BCUT2D eigenvalue weighted by molar-refractivity contribution is 6.32. The lowest BCUT2D eigenvalue weighted by Gasteiger charge is -2.22. The largest absolute Gasteiger partial charge is 0.306 e. The summed E-state index contributed by atoms with van der Waals surface area (Å²) in [4.78, 5) is 25.3. The number of aromatic nitrogens is 2. The summed E-state index contributed by atoms with van der Waals surface area (Å²) < 4.78 is 14.9. The maximum absolute atomic E-state index is 13.5. The second-order valence-electron chi connectivity index (χ2n) is 6.88. The van der Waals surface area contributed by atoms with Crippen LogP contribution < -0.4 is 4.90 Å². The van der Waals surface area contributed by atoms with Crippen molar-refractivity contribution in [3.63, 3.8) is 0 Å². The van der Waals surface area contributed by atoms with E-state index in [2.05, 4.69) is 5.10 Å². The molecule has 29 heavy (non-hydrogen) atoms. The number of benzene rings is 2. The van der Waals surface area contributed by atoms with Gasteiger partial charge in [-0.1, -0.05) is 17.7 Å². The molecule has 1 aliphatic rings. The van der Waals surface area contributed by atoms with Crippen molar-refractivity contribution in [1.82, 2.24) is 9.78 Å². The molecule has 1 aromatic heterocycles. The van der Waals surface area contributed by atoms with Crippen LogP contribution in [0.2, 0.25) is 5.02 Å². The smallest absolute Gasteiger partial charge is 0.289 e. The maximum Gasteiger partial charge on any atom is 0.289 e. The first-order valence-corrected chi connectivity index (χ1v) is 9.37. The van der Waals surface area contributed by atoms with E-state index in [4.69, 9.17) is 11.6 Å². The van der Waals surface area contributed by atoms with Gasteiger partial charge in [0.1, 0.15) is 10.8 Å². The first-order chi connectivity index (χ1) is 13.9. The molecule has 0 atom stereocenters. The maximum atomic E-state index is 13.5. The molecule has 0 spiro atoms. The number of carbonyl (C=O) groups is 1. The van der Waals surface area contributed by atoms with Gasteiger partial charge in [0.2, 0.25) is 0 Å². The van der Waals surface area contributed by atoms with E-state index in [0.29, 0.717) is 23.8 Å². The van der Waals surface area contributed by atoms with Crippen LogP contribution in [0, 0.1) is 21.8 Å². The lowest BCUT2D eigenvalue weighted by atomic mass is 10.2. The summed E-state index contributed by atoms with van der Waals surface area (Å²) in [6.07, 6.45) is 3.57. The van der Waals surface area contributed by atoms with E-state index >= 15 is 0 Å². The van der Waals surface area contributed by atoms with Crippen molar-refractivity contribution in [1.29, 1.82) is 0 Å². The van der Waals surface area contributed by atoms with Crippen molar-refractivity contribution in [2.24, 2.45) is 5.92 Å². The average molecular weight is 415 g/mol. The minimum Gasteiger partial charge on any atom is -0.306 e. The summed E-state index contributed by atoms with van der Waals surface area (Å²) in [6, 6.07) is 11.7. The van der Waals surface area contributed by atoms with Crippen molar-refractivity contribution in [3.8, 4) is 5.69 Å². The minimum atomic E-state index is -0.579. The van der Waals surface area contributed by atoms with Gasteiger partial charge >= 0.3 is 0 Å². The van der Waals surface area contributed by atoms with Gasteiger partial charge in [0.25, 0.3) is 11.6 Å². The van der Waals surface area contributed by atoms with Crippen LogP contribution in [-0.2, 0) is 0 Å². The molecule has 7 nitrogen and oxygen atoms in total. The number of nitro benzene ring substituents is 1. The molecule has 1 saturated carbocycles. The zero-order valence-corrected chi connectivity index (χ0v) is 15.9. The summed E-state index contributed by atoms with van der Waals surface area (Å²) in [6.45, 7) is 0.435. The Morgan fingerprint density at radius 2 is 2.07 bits per heavy atom. The van der Waals surface area contributed by atoms with Crippen LogP contribution in [0.3, 0.4) is 0 Å². The Hall–Kier alpha value is -3.26. The monoisotopic (exact) mass is 414 g/mol. The van der Waals surface area contributed by atoms with Crippen molar-refractivity contribution in [2.45, 2.75) is 12.8 Å². The highest BCUT2D eigenvalue weighted by Crippen LogP contribution is 2.35. The van der Waals surface area contributed by atoms with E-state index in [1.807, 2.05) is 0 Å². The van der Waals surface area contributed by atoms with Gasteiger partial charge in [-0.25, -0.2) is 9.07 Å². The van der Waals surface area contributed by atoms with Crippen LogP contribution in [-0.4, -0.2) is 27.2 Å². The molecular formula is C20H16ClFN4O3. The van der Waals surface area contributed by atoms with Crippen LogP contribution >= 0.6 is 11.6 Å². The quantitative estimate of drug-likeness (QED) is 0.435. The molecule has 9 heteroatoms. The average Bonchev–Trinajstić information content (AvgIpc) is 3.38. The van der Waals surface area contributed by atoms with Gasteiger partial charge in [0.15, 0.2) is 5.69 Å². The van der Waals surface area contributed by atoms with Crippen molar-refractivity contribution in [3.05, 3.63) is 81.4 Å². The second-order valence-corrected chi connectivity index (χ2v) is 7.28. The number of hydrogen-bond donors (Lipinski definition) is 0. The number of amides is 1. The molecule has 148 valence electrons. The first kappa shape index (κ1) is 19.1. The van der Waals surface area contributed by atoms with Crippen LogP contribution in [0.1, 0.15) is 23.3 Å². The zero-order valence-electron chi connectivity index (χ0n) is 15.2. The number of carbonyl (C=O) groups excluding carboxylic acids is 1. The molecular weight excluding hydrogens is 399 g/mol. The third kappa shape index (κ3) is 4.12. The summed E-state index contributed by atoms with van der Waals surface area (Å²) >= 11 is 5.90. The fourth-order valence-electron chi connectivity index (χ4n) is 3.01. The molecule has 0 bridgehead atoms. The lowest BCUT2D eigenvalue weighted by molar-refractivity contribution is -0.384. The highest BCUT2D eigenvalue weighted by Gasteiger charge is 2.30. The summed E-state index contributed by atoms with van der Waals surface area (Å²) in [5.74, 6) is -0.447. The first-order valence-electron chi connectivity index (χ1n) is 9.00. The van der Waals surface area contributed by atoms with Crippen molar-refractivity contribution < 1.29 is 14.1 Å². The van der Waals surface area contributed by atoms with E-state index in [0.717, 1.165) is 12.8 Å². The third-order valence-corrected chi connectivity index (χ3v) is 5.02. The van der Waals surface area contributed by atoms with Crippen molar-refractivity contribution in [2.75, 3.05) is 11.4 Å². The summed E-state index contributed by atoms with van der Waals surface area (Å²) in [5, 5.41) is 15.5. The second kappa shape index (κ2) is 7.63. The number of anilines is 1. The Bertz CT molecular complexity index is 1100. The highest BCUT2D eigenvalue weighted by atomic mass is 35.5. The molecule has 1 fully saturated rings. The molecule has 2 aromatic carbocycles. The molecule has 1 aliphatic carbocycles. The molecule has 4 rings (SSSR count). The van der Waals surface area contributed by atoms with E-state index < -0.39 is 10.7 Å². The van der Waals surface area contributed by atoms with Crippen LogP contribution in [0.25, 0.3) is 5.69 Å². The minimum absolute atomic E-state index is 0.00736. The SMILES string of the molecule is O=C(c1ccn(-c2cccc(F)c2)n1)N(CC1CC1)c1ccc(Cl)c([N+](=O)[O-])c1. The Morgan fingerprint density at radius 3 is 2.76 bits per heavy atom. The Balaban J connectivity index is 1.67. The third-order valence-electron chi connectivity index (χ3n) is 4.70. The van der Waals surface area contributed by atoms with Crippen LogP contribution in [0.15, 0.2) is 54.7 Å². The summed E-state index contributed by atoms with van der Waals surface area (Å²) in [5.41, 5.74) is 0.772. The fraction of sp³-hybridized carbons (Fsp3) is 0.200. The predicted octanol–water partition coefficient (Wildman–Crippen LogP) is 4.63. The predicted molar refractivity (Wildman–Crippen MR) is 106 cm³/mol. The van der Waals surface area contributed by atoms with E-state index in [-0.39, 0.29) is 22.3 Å². The van der Waals surface area contributed by atoms with E-state index in [9.17, 15) is 19.3 Å². The standard InChI is InChI=1S/C20H16ClFN4O3/c21-17-7-6-15(11-19(17)26(28)29)24(12-13-4-5-13)20(27)18-8-9-25(23-18)16-3-1-2-14(22)10-16/h1-3,6-11,13H,4-5,12H2. The van der Waals surface area contributed by atoms with Crippen LogP contribution in [0.4, 0.5) is 15.8 Å². The van der Waals surface area contributed by atoms with Gasteiger partial charge in [0, 0.05) is 18.8 Å².